The topological polar surface area (TPSA) is 70.5 Å². The summed E-state index contributed by atoms with van der Waals surface area (Å²) in [4.78, 5) is 33.2. The summed E-state index contributed by atoms with van der Waals surface area (Å²) in [5.41, 5.74) is 1.03. The smallest absolute Gasteiger partial charge is 0.301 e. The van der Waals surface area contributed by atoms with Crippen LogP contribution in [-0.4, -0.2) is 21.8 Å². The molecule has 1 atom stereocenters. The predicted molar refractivity (Wildman–Crippen MR) is 107 cm³/mol. The van der Waals surface area contributed by atoms with E-state index < -0.39 is 23.5 Å². The van der Waals surface area contributed by atoms with Crippen LogP contribution in [0, 0.1) is 19.7 Å². The predicted octanol–water partition coefficient (Wildman–Crippen LogP) is 4.59. The molecule has 1 aliphatic heterocycles. The van der Waals surface area contributed by atoms with Crippen molar-refractivity contribution in [2.24, 2.45) is 0 Å². The van der Waals surface area contributed by atoms with Gasteiger partial charge in [0.2, 0.25) is 0 Å². The average molecular weight is 414 g/mol. The first-order valence-corrected chi connectivity index (χ1v) is 10.1. The second-order valence-corrected chi connectivity index (χ2v) is 8.49. The molecule has 3 heterocycles. The van der Waals surface area contributed by atoms with Crippen LogP contribution >= 0.6 is 22.7 Å². The molecule has 0 radical (unpaired) electrons. The van der Waals surface area contributed by atoms with Crippen molar-refractivity contribution in [1.29, 1.82) is 0 Å². The van der Waals surface area contributed by atoms with E-state index in [0.717, 1.165) is 15.4 Å². The lowest BCUT2D eigenvalue weighted by Gasteiger charge is -2.21. The largest absolute Gasteiger partial charge is 0.507 e. The molecule has 0 spiro atoms. The number of rotatable bonds is 3. The number of hydrogen-bond donors (Lipinski definition) is 1. The molecule has 0 saturated carbocycles. The number of anilines is 1. The number of aryl methyl sites for hydroxylation is 2. The first-order chi connectivity index (χ1) is 13.4. The van der Waals surface area contributed by atoms with E-state index in [0.29, 0.717) is 5.13 Å². The summed E-state index contributed by atoms with van der Waals surface area (Å²) in [5, 5.41) is 13.1. The van der Waals surface area contributed by atoms with Crippen LogP contribution in [0.4, 0.5) is 9.52 Å². The third kappa shape index (κ3) is 2.94. The van der Waals surface area contributed by atoms with Crippen LogP contribution in [-0.2, 0) is 9.59 Å². The fourth-order valence-electron chi connectivity index (χ4n) is 3.07. The van der Waals surface area contributed by atoms with Crippen LogP contribution in [0.25, 0.3) is 5.76 Å². The summed E-state index contributed by atoms with van der Waals surface area (Å²) in [7, 11) is 0. The minimum Gasteiger partial charge on any atom is -0.507 e. The van der Waals surface area contributed by atoms with E-state index in [1.807, 2.05) is 25.3 Å². The van der Waals surface area contributed by atoms with Crippen LogP contribution in [0.3, 0.4) is 0 Å². The highest BCUT2D eigenvalue weighted by Gasteiger charge is 2.48. The molecule has 1 aromatic carbocycles. The van der Waals surface area contributed by atoms with Crippen LogP contribution in [0.5, 0.6) is 0 Å². The standard InChI is InChI=1S/C20H15FN2O3S2/c1-10-11(2)28-20(22-10)23-16(14-4-3-9-27-14)15(18(25)19(23)26)17(24)12-5-7-13(21)8-6-12/h3-9,16,24H,1-2H3/b17-15+/t16-/m0/s1. The maximum atomic E-state index is 13.3. The van der Waals surface area contributed by atoms with Gasteiger partial charge in [-0.05, 0) is 49.6 Å². The number of carbonyl (C=O) groups is 2. The number of thiophene rings is 1. The van der Waals surface area contributed by atoms with Crippen LogP contribution in [0.1, 0.15) is 27.1 Å². The number of Topliss-reactive ketones (excluding diaryl/α,β-unsaturated/α-hetero) is 1. The molecular formula is C20H15FN2O3S2. The van der Waals surface area contributed by atoms with Crippen molar-refractivity contribution in [3.63, 3.8) is 0 Å². The van der Waals surface area contributed by atoms with Crippen molar-refractivity contribution in [2.75, 3.05) is 4.90 Å². The van der Waals surface area contributed by atoms with Crippen molar-refractivity contribution in [2.45, 2.75) is 19.9 Å². The number of carbonyl (C=O) groups excluding carboxylic acids is 2. The molecule has 1 N–H and O–H groups in total. The average Bonchev–Trinajstić information content (AvgIpc) is 3.36. The quantitative estimate of drug-likeness (QED) is 0.387. The number of amides is 1. The van der Waals surface area contributed by atoms with Gasteiger partial charge in [0.25, 0.3) is 5.78 Å². The molecule has 1 saturated heterocycles. The van der Waals surface area contributed by atoms with Crippen molar-refractivity contribution in [3.8, 4) is 0 Å². The summed E-state index contributed by atoms with van der Waals surface area (Å²) in [6.45, 7) is 3.73. The molecule has 3 aromatic rings. The zero-order valence-electron chi connectivity index (χ0n) is 15.0. The van der Waals surface area contributed by atoms with E-state index in [9.17, 15) is 19.1 Å². The van der Waals surface area contributed by atoms with Crippen LogP contribution in [0.15, 0.2) is 47.4 Å². The van der Waals surface area contributed by atoms with Gasteiger partial charge in [0.1, 0.15) is 17.6 Å². The van der Waals surface area contributed by atoms with Gasteiger partial charge in [-0.1, -0.05) is 6.07 Å². The highest BCUT2D eigenvalue weighted by molar-refractivity contribution is 7.16. The Hall–Kier alpha value is -2.84. The van der Waals surface area contributed by atoms with E-state index in [4.69, 9.17) is 0 Å². The molecule has 5 nitrogen and oxygen atoms in total. The van der Waals surface area contributed by atoms with Crippen LogP contribution < -0.4 is 4.90 Å². The Kier molecular flexibility index (Phi) is 4.60. The Labute approximate surface area is 168 Å². The Bertz CT molecular complexity index is 1080. The summed E-state index contributed by atoms with van der Waals surface area (Å²) < 4.78 is 13.3. The van der Waals surface area contributed by atoms with Crippen molar-refractivity contribution in [1.82, 2.24) is 4.98 Å². The number of nitrogens with zero attached hydrogens (tertiary/aromatic N) is 2. The molecule has 0 bridgehead atoms. The van der Waals surface area contributed by atoms with Gasteiger partial charge in [0, 0.05) is 15.3 Å². The van der Waals surface area contributed by atoms with Crippen molar-refractivity contribution in [3.05, 3.63) is 74.2 Å². The van der Waals surface area contributed by atoms with Crippen molar-refractivity contribution >= 4 is 45.3 Å². The zero-order valence-corrected chi connectivity index (χ0v) is 16.6. The number of hydrogen-bond acceptors (Lipinski definition) is 6. The molecular weight excluding hydrogens is 399 g/mol. The van der Waals surface area contributed by atoms with E-state index in [-0.39, 0.29) is 16.9 Å². The lowest BCUT2D eigenvalue weighted by atomic mass is 10.00. The van der Waals surface area contributed by atoms with Crippen molar-refractivity contribution < 1.29 is 19.1 Å². The SMILES string of the molecule is Cc1nc(N2C(=O)C(=O)/C(=C(/O)c3ccc(F)cc3)[C@@H]2c2cccs2)sc1C. The van der Waals surface area contributed by atoms with Crippen LogP contribution in [0.2, 0.25) is 0 Å². The molecule has 2 aromatic heterocycles. The Morgan fingerprint density at radius 3 is 2.46 bits per heavy atom. The molecule has 8 heteroatoms. The van der Waals surface area contributed by atoms with Gasteiger partial charge in [-0.3, -0.25) is 14.5 Å². The maximum absolute atomic E-state index is 13.3. The number of ketones is 1. The Balaban J connectivity index is 1.92. The minimum absolute atomic E-state index is 0.0236. The third-order valence-corrected chi connectivity index (χ3v) is 6.59. The zero-order chi connectivity index (χ0) is 20.0. The summed E-state index contributed by atoms with van der Waals surface area (Å²) in [5.74, 6) is -2.31. The lowest BCUT2D eigenvalue weighted by Crippen LogP contribution is -2.29. The number of aliphatic hydroxyl groups excluding tert-OH is 1. The highest BCUT2D eigenvalue weighted by Crippen LogP contribution is 2.44. The molecule has 1 fully saturated rings. The molecule has 142 valence electrons. The second kappa shape index (κ2) is 6.96. The lowest BCUT2D eigenvalue weighted by molar-refractivity contribution is -0.132. The van der Waals surface area contributed by atoms with E-state index >= 15 is 0 Å². The molecule has 28 heavy (non-hydrogen) atoms. The molecule has 0 aliphatic carbocycles. The van der Waals surface area contributed by atoms with Gasteiger partial charge in [-0.2, -0.15) is 0 Å². The third-order valence-electron chi connectivity index (χ3n) is 4.60. The minimum atomic E-state index is -0.786. The van der Waals surface area contributed by atoms with Gasteiger partial charge in [-0.15, -0.1) is 22.7 Å². The Morgan fingerprint density at radius 2 is 1.89 bits per heavy atom. The van der Waals surface area contributed by atoms with Gasteiger partial charge < -0.3 is 5.11 Å². The van der Waals surface area contributed by atoms with E-state index in [2.05, 4.69) is 4.98 Å². The first kappa shape index (κ1) is 18.5. The number of aromatic nitrogens is 1. The summed E-state index contributed by atoms with van der Waals surface area (Å²) in [6.07, 6.45) is 0. The maximum Gasteiger partial charge on any atom is 0.301 e. The molecule has 4 rings (SSSR count). The fraction of sp³-hybridized carbons (Fsp3) is 0.150. The summed E-state index contributed by atoms with van der Waals surface area (Å²) in [6, 6.07) is 7.98. The molecule has 0 unspecified atom stereocenters. The van der Waals surface area contributed by atoms with Gasteiger partial charge >= 0.3 is 5.91 Å². The summed E-state index contributed by atoms with van der Waals surface area (Å²) >= 11 is 2.70. The van der Waals surface area contributed by atoms with Gasteiger partial charge in [0.05, 0.1) is 11.3 Å². The molecule has 1 aliphatic rings. The number of thiazole rings is 1. The highest BCUT2D eigenvalue weighted by atomic mass is 32.1. The molecule has 1 amide bonds. The van der Waals surface area contributed by atoms with Gasteiger partial charge in [0.15, 0.2) is 5.13 Å². The number of halogens is 1. The monoisotopic (exact) mass is 414 g/mol. The van der Waals surface area contributed by atoms with Gasteiger partial charge in [-0.25, -0.2) is 9.37 Å². The Morgan fingerprint density at radius 1 is 1.18 bits per heavy atom. The normalized spacial score (nSPS) is 18.8. The van der Waals surface area contributed by atoms with E-state index in [1.165, 1.54) is 51.8 Å². The fourth-order valence-corrected chi connectivity index (χ4v) is 4.83. The van der Waals surface area contributed by atoms with E-state index in [1.54, 1.807) is 6.07 Å². The number of aliphatic hydroxyl groups is 1. The number of benzene rings is 1. The second-order valence-electron chi connectivity index (χ2n) is 6.33. The first-order valence-electron chi connectivity index (χ1n) is 8.43.